The predicted molar refractivity (Wildman–Crippen MR) is 72.1 cm³/mol. The van der Waals surface area contributed by atoms with Gasteiger partial charge in [-0.1, -0.05) is 30.3 Å². The lowest BCUT2D eigenvalue weighted by Gasteiger charge is -2.09. The van der Waals surface area contributed by atoms with Gasteiger partial charge in [0.2, 0.25) is 0 Å². The maximum atomic E-state index is 11.3. The van der Waals surface area contributed by atoms with E-state index in [0.717, 1.165) is 5.56 Å². The molecule has 2 aromatic carbocycles. The number of hydrogen-bond acceptors (Lipinski definition) is 3. The van der Waals surface area contributed by atoms with E-state index in [1.807, 2.05) is 42.5 Å². The lowest BCUT2D eigenvalue weighted by Crippen LogP contribution is -2.07. The quantitative estimate of drug-likeness (QED) is 0.921. The molecule has 0 aliphatic heterocycles. The van der Waals surface area contributed by atoms with E-state index >= 15 is 0 Å². The number of aromatic carboxylic acids is 1. The Kier molecular flexibility index (Phi) is 3.79. The molecule has 0 radical (unpaired) electrons. The first-order chi connectivity index (χ1) is 9.67. The molecule has 0 saturated heterocycles. The zero-order chi connectivity index (χ0) is 14.5. The van der Waals surface area contributed by atoms with E-state index in [1.165, 1.54) is 12.1 Å². The molecular weight excluding hydrogens is 252 g/mol. The van der Waals surface area contributed by atoms with Gasteiger partial charge in [-0.25, -0.2) is 4.79 Å². The van der Waals surface area contributed by atoms with Crippen LogP contribution in [-0.4, -0.2) is 11.1 Å². The molecule has 0 aromatic heterocycles. The van der Waals surface area contributed by atoms with Crippen molar-refractivity contribution in [2.75, 3.05) is 0 Å². The molecule has 0 heterocycles. The van der Waals surface area contributed by atoms with Crippen LogP contribution in [-0.2, 0) is 6.42 Å². The summed E-state index contributed by atoms with van der Waals surface area (Å²) in [5, 5.41) is 27.5. The van der Waals surface area contributed by atoms with Gasteiger partial charge in [-0.15, -0.1) is 0 Å². The second-order valence-corrected chi connectivity index (χ2v) is 4.21. The van der Waals surface area contributed by atoms with E-state index in [2.05, 4.69) is 0 Å². The number of nitriles is 2. The molecule has 0 aliphatic carbocycles. The molecule has 0 aliphatic rings. The van der Waals surface area contributed by atoms with Crippen LogP contribution in [0.2, 0.25) is 0 Å². The van der Waals surface area contributed by atoms with Crippen molar-refractivity contribution in [2.45, 2.75) is 6.42 Å². The molecule has 2 aromatic rings. The van der Waals surface area contributed by atoms with Gasteiger partial charge in [-0.3, -0.25) is 0 Å². The molecule has 1 N–H and O–H groups in total. The molecule has 0 saturated carbocycles. The summed E-state index contributed by atoms with van der Waals surface area (Å²) in [4.78, 5) is 11.3. The van der Waals surface area contributed by atoms with Gasteiger partial charge in [0.15, 0.2) is 0 Å². The predicted octanol–water partition coefficient (Wildman–Crippen LogP) is 2.72. The first kappa shape index (κ1) is 13.3. The Balaban J connectivity index is 2.62. The Bertz CT molecular complexity index is 738. The molecule has 2 rings (SSSR count). The van der Waals surface area contributed by atoms with E-state index in [9.17, 15) is 15.2 Å². The van der Waals surface area contributed by atoms with E-state index < -0.39 is 5.97 Å². The Labute approximate surface area is 116 Å². The smallest absolute Gasteiger partial charge is 0.336 e. The molecule has 0 amide bonds. The van der Waals surface area contributed by atoms with Gasteiger partial charge in [-0.05, 0) is 29.7 Å². The second kappa shape index (κ2) is 5.69. The fourth-order valence-corrected chi connectivity index (χ4v) is 2.05. The van der Waals surface area contributed by atoms with Crippen molar-refractivity contribution in [1.29, 1.82) is 10.5 Å². The maximum absolute atomic E-state index is 11.3. The molecular formula is C16H10N2O2. The van der Waals surface area contributed by atoms with Crippen LogP contribution in [0.5, 0.6) is 0 Å². The van der Waals surface area contributed by atoms with Gasteiger partial charge in [0, 0.05) is 0 Å². The largest absolute Gasteiger partial charge is 0.478 e. The fourth-order valence-electron chi connectivity index (χ4n) is 2.05. The third kappa shape index (κ3) is 2.50. The van der Waals surface area contributed by atoms with Crippen LogP contribution in [0.3, 0.4) is 0 Å². The summed E-state index contributed by atoms with van der Waals surface area (Å²) in [6.07, 6.45) is 0.306. The zero-order valence-corrected chi connectivity index (χ0v) is 10.5. The molecule has 4 nitrogen and oxygen atoms in total. The minimum Gasteiger partial charge on any atom is -0.478 e. The summed E-state index contributed by atoms with van der Waals surface area (Å²) in [7, 11) is 0. The minimum atomic E-state index is -1.10. The molecule has 0 atom stereocenters. The highest BCUT2D eigenvalue weighted by atomic mass is 16.4. The summed E-state index contributed by atoms with van der Waals surface area (Å²) < 4.78 is 0. The molecule has 0 unspecified atom stereocenters. The number of hydrogen-bond donors (Lipinski definition) is 1. The average molecular weight is 262 g/mol. The number of benzene rings is 2. The number of carboxylic acid groups (broad SMARTS) is 1. The van der Waals surface area contributed by atoms with Crippen molar-refractivity contribution in [2.24, 2.45) is 0 Å². The van der Waals surface area contributed by atoms with Crippen LogP contribution in [0.25, 0.3) is 0 Å². The van der Waals surface area contributed by atoms with E-state index in [4.69, 9.17) is 5.26 Å². The Morgan fingerprint density at radius 2 is 1.75 bits per heavy atom. The molecule has 96 valence electrons. The Morgan fingerprint density at radius 1 is 1.05 bits per heavy atom. The number of carboxylic acids is 1. The van der Waals surface area contributed by atoms with Crippen molar-refractivity contribution in [3.8, 4) is 12.1 Å². The lowest BCUT2D eigenvalue weighted by atomic mass is 9.92. The van der Waals surface area contributed by atoms with Crippen molar-refractivity contribution in [3.63, 3.8) is 0 Å². The summed E-state index contributed by atoms with van der Waals surface area (Å²) in [5.41, 5.74) is 1.66. The van der Waals surface area contributed by atoms with Crippen molar-refractivity contribution >= 4 is 5.97 Å². The number of carbonyl (C=O) groups is 1. The van der Waals surface area contributed by atoms with Gasteiger partial charge in [0.1, 0.15) is 12.1 Å². The standard InChI is InChI=1S/C16H10N2O2/c17-9-12-6-7-13(16(19)20)14(15(12)10-18)8-11-4-2-1-3-5-11/h1-7H,8H2,(H,19,20). The highest BCUT2D eigenvalue weighted by Crippen LogP contribution is 2.22. The lowest BCUT2D eigenvalue weighted by molar-refractivity contribution is 0.0696. The monoisotopic (exact) mass is 262 g/mol. The van der Waals surface area contributed by atoms with E-state index in [1.54, 1.807) is 0 Å². The van der Waals surface area contributed by atoms with Gasteiger partial charge >= 0.3 is 5.97 Å². The van der Waals surface area contributed by atoms with Gasteiger partial charge < -0.3 is 5.11 Å². The van der Waals surface area contributed by atoms with Crippen LogP contribution in [0.1, 0.15) is 32.6 Å². The molecule has 20 heavy (non-hydrogen) atoms. The van der Waals surface area contributed by atoms with E-state index in [-0.39, 0.29) is 16.7 Å². The van der Waals surface area contributed by atoms with Gasteiger partial charge in [-0.2, -0.15) is 10.5 Å². The fraction of sp³-hybridized carbons (Fsp3) is 0.0625. The maximum Gasteiger partial charge on any atom is 0.336 e. The van der Waals surface area contributed by atoms with Crippen LogP contribution in [0, 0.1) is 22.7 Å². The average Bonchev–Trinajstić information content (AvgIpc) is 2.47. The normalized spacial score (nSPS) is 9.50. The van der Waals surface area contributed by atoms with Crippen molar-refractivity contribution < 1.29 is 9.90 Å². The third-order valence-corrected chi connectivity index (χ3v) is 3.00. The summed E-state index contributed by atoms with van der Waals surface area (Å²) >= 11 is 0. The second-order valence-electron chi connectivity index (χ2n) is 4.21. The van der Waals surface area contributed by atoms with Gasteiger partial charge in [0.05, 0.1) is 16.7 Å². The molecule has 0 fully saturated rings. The number of rotatable bonds is 3. The molecule has 0 spiro atoms. The highest BCUT2D eigenvalue weighted by molar-refractivity contribution is 5.90. The van der Waals surface area contributed by atoms with Crippen molar-refractivity contribution in [3.05, 3.63) is 70.3 Å². The Hall–Kier alpha value is -3.11. The minimum absolute atomic E-state index is 0.0596. The molecule has 0 bridgehead atoms. The molecule has 4 heteroatoms. The summed E-state index contributed by atoms with van der Waals surface area (Å²) in [6, 6.07) is 15.9. The van der Waals surface area contributed by atoms with Crippen molar-refractivity contribution in [1.82, 2.24) is 0 Å². The zero-order valence-electron chi connectivity index (χ0n) is 10.5. The van der Waals surface area contributed by atoms with Crippen LogP contribution < -0.4 is 0 Å². The summed E-state index contributed by atoms with van der Waals surface area (Å²) in [6.45, 7) is 0. The number of nitrogens with zero attached hydrogens (tertiary/aromatic N) is 2. The van der Waals surface area contributed by atoms with Crippen LogP contribution >= 0.6 is 0 Å². The summed E-state index contributed by atoms with van der Waals surface area (Å²) in [5.74, 6) is -1.10. The first-order valence-corrected chi connectivity index (χ1v) is 5.90. The first-order valence-electron chi connectivity index (χ1n) is 5.90. The van der Waals surface area contributed by atoms with Crippen LogP contribution in [0.4, 0.5) is 0 Å². The van der Waals surface area contributed by atoms with E-state index in [0.29, 0.717) is 12.0 Å². The van der Waals surface area contributed by atoms with Crippen LogP contribution in [0.15, 0.2) is 42.5 Å². The highest BCUT2D eigenvalue weighted by Gasteiger charge is 2.17. The van der Waals surface area contributed by atoms with Gasteiger partial charge in [0.25, 0.3) is 0 Å². The Morgan fingerprint density at radius 3 is 2.30 bits per heavy atom. The SMILES string of the molecule is N#Cc1ccc(C(=O)O)c(Cc2ccccc2)c1C#N. The topological polar surface area (TPSA) is 84.9 Å². The third-order valence-electron chi connectivity index (χ3n) is 3.00.